The molecule has 0 aromatic rings. The molecule has 8 fully saturated rings. The van der Waals surface area contributed by atoms with Crippen molar-refractivity contribution in [1.29, 1.82) is 0 Å². The van der Waals surface area contributed by atoms with E-state index in [0.717, 1.165) is 50.7 Å². The molecule has 5 saturated heterocycles. The lowest BCUT2D eigenvalue weighted by molar-refractivity contribution is -0.391. The number of rotatable bonds is 6. The van der Waals surface area contributed by atoms with E-state index in [0.29, 0.717) is 30.1 Å². The maximum atomic E-state index is 11.6. The van der Waals surface area contributed by atoms with E-state index in [1.165, 1.54) is 6.92 Å². The Bertz CT molecular complexity index is 1580. The van der Waals surface area contributed by atoms with Gasteiger partial charge in [0.2, 0.25) is 0 Å². The van der Waals surface area contributed by atoms with Gasteiger partial charge in [-0.3, -0.25) is 0 Å². The lowest BCUT2D eigenvalue weighted by atomic mass is 9.46. The average Bonchev–Trinajstić information content (AvgIpc) is 3.66. The molecule has 8 N–H and O–H groups in total. The third kappa shape index (κ3) is 7.01. The Kier molecular flexibility index (Phi) is 12.0. The predicted molar refractivity (Wildman–Crippen MR) is 208 cm³/mol. The molecule has 0 aromatic heterocycles. The number of fused-ring (bicyclic) bond motifs is 7. The van der Waals surface area contributed by atoms with Gasteiger partial charge in [0.1, 0.15) is 54.9 Å². The van der Waals surface area contributed by atoms with Crippen molar-refractivity contribution in [1.82, 2.24) is 0 Å². The van der Waals surface area contributed by atoms with Crippen LogP contribution in [0.4, 0.5) is 0 Å². The van der Waals surface area contributed by atoms with Crippen LogP contribution in [-0.2, 0) is 37.9 Å². The van der Waals surface area contributed by atoms with Crippen LogP contribution < -0.4 is 0 Å². The van der Waals surface area contributed by atoms with E-state index < -0.39 is 109 Å². The molecule has 3 saturated carbocycles. The quantitative estimate of drug-likeness (QED) is 0.173. The number of aliphatic hydroxyl groups is 8. The molecule has 342 valence electrons. The molecule has 26 atom stereocenters. The summed E-state index contributed by atoms with van der Waals surface area (Å²) in [5.41, 5.74) is 0.681. The van der Waals surface area contributed by atoms with Crippen LogP contribution >= 0.6 is 0 Å². The summed E-state index contributed by atoms with van der Waals surface area (Å²) in [5.74, 6) is 1.67. The maximum Gasteiger partial charge on any atom is 0.187 e. The molecule has 7 unspecified atom stereocenters. The summed E-state index contributed by atoms with van der Waals surface area (Å²) in [7, 11) is 0. The monoisotopic (exact) mass is 854 g/mol. The van der Waals surface area contributed by atoms with E-state index in [-0.39, 0.29) is 36.4 Å². The van der Waals surface area contributed by atoms with Crippen molar-refractivity contribution in [3.8, 4) is 0 Å². The Labute approximate surface area is 352 Å². The second kappa shape index (κ2) is 16.2. The summed E-state index contributed by atoms with van der Waals surface area (Å²) in [5, 5.41) is 86.8. The van der Waals surface area contributed by atoms with Crippen molar-refractivity contribution in [2.45, 2.75) is 203 Å². The van der Waals surface area contributed by atoms with Gasteiger partial charge >= 0.3 is 0 Å². The van der Waals surface area contributed by atoms with Gasteiger partial charge in [0.15, 0.2) is 24.7 Å². The normalized spacial score (nSPS) is 59.2. The zero-order valence-corrected chi connectivity index (χ0v) is 35.8. The van der Waals surface area contributed by atoms with Crippen molar-refractivity contribution in [3.63, 3.8) is 0 Å². The highest BCUT2D eigenvalue weighted by Gasteiger charge is 2.69. The molecule has 0 amide bonds. The van der Waals surface area contributed by atoms with E-state index in [1.54, 1.807) is 6.92 Å². The summed E-state index contributed by atoms with van der Waals surface area (Å²) < 4.78 is 51.1. The summed E-state index contributed by atoms with van der Waals surface area (Å²) in [6.45, 7) is 12.8. The third-order valence-corrected chi connectivity index (χ3v) is 17.3. The van der Waals surface area contributed by atoms with Gasteiger partial charge in [-0.2, -0.15) is 0 Å². The second-order valence-electron chi connectivity index (χ2n) is 20.7. The lowest BCUT2D eigenvalue weighted by Crippen LogP contribution is -2.66. The molecule has 0 bridgehead atoms. The van der Waals surface area contributed by atoms with E-state index in [9.17, 15) is 40.9 Å². The van der Waals surface area contributed by atoms with Gasteiger partial charge in [-0.1, -0.05) is 39.3 Å². The van der Waals surface area contributed by atoms with E-state index >= 15 is 0 Å². The van der Waals surface area contributed by atoms with Crippen LogP contribution in [0.3, 0.4) is 0 Å². The summed E-state index contributed by atoms with van der Waals surface area (Å²) in [6.07, 6.45) is -12.0. The van der Waals surface area contributed by atoms with E-state index in [4.69, 9.17) is 37.9 Å². The molecule has 5 aliphatic heterocycles. The van der Waals surface area contributed by atoms with Crippen molar-refractivity contribution in [3.05, 3.63) is 11.6 Å². The zero-order chi connectivity index (χ0) is 42.8. The van der Waals surface area contributed by atoms with Gasteiger partial charge in [0.05, 0.1) is 43.7 Å². The van der Waals surface area contributed by atoms with Gasteiger partial charge in [-0.25, -0.2) is 0 Å². The second-order valence-corrected chi connectivity index (χ2v) is 20.7. The first-order chi connectivity index (χ1) is 28.4. The number of ether oxygens (including phenoxy) is 8. The Morgan fingerprint density at radius 1 is 0.683 bits per heavy atom. The van der Waals surface area contributed by atoms with Crippen LogP contribution in [0.2, 0.25) is 0 Å². The first-order valence-electron chi connectivity index (χ1n) is 22.7. The topological polar surface area (TPSA) is 236 Å². The standard InChI is InChI=1S/C44H70O16/c1-18-9-12-44(54-16-18)19(2)30-28(60-44)15-26-24-8-7-22-13-23(45)14-29(43(22,6)25(24)10-11-42(26,30)5)57-41-38(59-40-36(52)34(50)31(47)20(3)55-40)37(32(48)21(4)56-41)58-39-35(51)33(49)27(46)17-53-39/h7,18-21,23-41,45-52H,8-17H2,1-6H3/t18-,19?,20+,21-,23-,24?,25?,26?,27-,28?,29-,30?,31+,32+,33+,34-,35-,36-,37+,38-,39-,40+,41+,42+,43+,44?/m1/s1. The van der Waals surface area contributed by atoms with Crippen LogP contribution in [0.5, 0.6) is 0 Å². The van der Waals surface area contributed by atoms with Gasteiger partial charge < -0.3 is 78.7 Å². The van der Waals surface area contributed by atoms with Crippen molar-refractivity contribution in [2.75, 3.05) is 13.2 Å². The Hall–Kier alpha value is -0.900. The van der Waals surface area contributed by atoms with Gasteiger partial charge in [0, 0.05) is 24.2 Å². The largest absolute Gasteiger partial charge is 0.393 e. The van der Waals surface area contributed by atoms with Gasteiger partial charge in [-0.15, -0.1) is 0 Å². The minimum atomic E-state index is -1.72. The van der Waals surface area contributed by atoms with E-state index in [1.807, 2.05) is 0 Å². The highest BCUT2D eigenvalue weighted by atomic mass is 16.8. The van der Waals surface area contributed by atoms with Crippen LogP contribution in [0.15, 0.2) is 11.6 Å². The number of aliphatic hydroxyl groups excluding tert-OH is 8. The molecular formula is C44H70O16. The number of allylic oxidation sites excluding steroid dienone is 1. The maximum absolute atomic E-state index is 11.6. The van der Waals surface area contributed by atoms with Crippen LogP contribution in [0, 0.1) is 46.3 Å². The molecular weight excluding hydrogens is 784 g/mol. The van der Waals surface area contributed by atoms with Crippen molar-refractivity contribution in [2.24, 2.45) is 46.3 Å². The zero-order valence-electron chi connectivity index (χ0n) is 35.8. The predicted octanol–water partition coefficient (Wildman–Crippen LogP) is 0.852. The van der Waals surface area contributed by atoms with E-state index in [2.05, 4.69) is 33.8 Å². The minimum Gasteiger partial charge on any atom is -0.393 e. The summed E-state index contributed by atoms with van der Waals surface area (Å²) in [6, 6.07) is 0. The number of hydrogen-bond donors (Lipinski definition) is 8. The highest BCUT2D eigenvalue weighted by Crippen LogP contribution is 2.71. The van der Waals surface area contributed by atoms with Gasteiger partial charge in [-0.05, 0) is 87.4 Å². The summed E-state index contributed by atoms with van der Waals surface area (Å²) >= 11 is 0. The molecule has 0 radical (unpaired) electrons. The molecule has 1 spiro atoms. The highest BCUT2D eigenvalue weighted by molar-refractivity contribution is 5.29. The molecule has 5 heterocycles. The molecule has 9 aliphatic rings. The number of hydrogen-bond acceptors (Lipinski definition) is 16. The van der Waals surface area contributed by atoms with Crippen LogP contribution in [-0.4, -0.2) is 164 Å². The average molecular weight is 855 g/mol. The molecule has 16 nitrogen and oxygen atoms in total. The third-order valence-electron chi connectivity index (χ3n) is 17.3. The fourth-order valence-electron chi connectivity index (χ4n) is 13.8. The van der Waals surface area contributed by atoms with Crippen LogP contribution in [0.1, 0.15) is 92.9 Å². The Morgan fingerprint density at radius 3 is 2.12 bits per heavy atom. The van der Waals surface area contributed by atoms with Crippen molar-refractivity contribution < 1.29 is 78.7 Å². The molecule has 0 aromatic carbocycles. The SMILES string of the molecule is CC1C2C(CC3C4CC=C5C[C@@H](O)C[C@@H](O[C@@H]6O[C@H](C)[C@H](O)[C@H](O[C@H]7OC[C@@H](O)[C@H](O)[C@H]7O)[C@H]6O[C@@H]6O[C@@H](C)[C@H](O)[C@@H](O)[C@H]6O)[C@]5(C)C4CC[C@@]32C)OC12CC[C@@H](C)CO2. The summed E-state index contributed by atoms with van der Waals surface area (Å²) in [4.78, 5) is 0. The first-order valence-corrected chi connectivity index (χ1v) is 22.7. The molecule has 16 heteroatoms. The fourth-order valence-corrected chi connectivity index (χ4v) is 13.8. The fraction of sp³-hybridized carbons (Fsp3) is 0.955. The van der Waals surface area contributed by atoms with Crippen LogP contribution in [0.25, 0.3) is 0 Å². The Balaban J connectivity index is 1.01. The molecule has 60 heavy (non-hydrogen) atoms. The van der Waals surface area contributed by atoms with Crippen molar-refractivity contribution >= 4 is 0 Å². The Morgan fingerprint density at radius 2 is 1.38 bits per heavy atom. The first kappa shape index (κ1) is 44.3. The molecule has 9 rings (SSSR count). The minimum absolute atomic E-state index is 0.0699. The smallest absolute Gasteiger partial charge is 0.187 e. The van der Waals surface area contributed by atoms with Gasteiger partial charge in [0.25, 0.3) is 0 Å². The lowest BCUT2D eigenvalue weighted by Gasteiger charge is -2.60. The molecule has 4 aliphatic carbocycles.